The van der Waals surface area contributed by atoms with Gasteiger partial charge in [-0.15, -0.1) is 0 Å². The van der Waals surface area contributed by atoms with E-state index in [9.17, 15) is 9.59 Å². The van der Waals surface area contributed by atoms with E-state index >= 15 is 0 Å². The van der Waals surface area contributed by atoms with Crippen molar-refractivity contribution >= 4 is 17.4 Å². The van der Waals surface area contributed by atoms with E-state index in [2.05, 4.69) is 32.2 Å². The van der Waals surface area contributed by atoms with Crippen molar-refractivity contribution < 1.29 is 24.2 Å². The third-order valence-electron chi connectivity index (χ3n) is 7.22. The first-order valence-corrected chi connectivity index (χ1v) is 12.5. The SMILES string of the molecule is COc1cccc(C2CC(C)(Nc3ccc(C(C)=O)cc3)CCC2C(C)C)c1OCCCC(=O)O. The van der Waals surface area contributed by atoms with Gasteiger partial charge in [-0.1, -0.05) is 26.0 Å². The van der Waals surface area contributed by atoms with Gasteiger partial charge in [-0.25, -0.2) is 0 Å². The molecule has 2 aromatic carbocycles. The van der Waals surface area contributed by atoms with Gasteiger partial charge in [0, 0.05) is 28.8 Å². The summed E-state index contributed by atoms with van der Waals surface area (Å²) in [4.78, 5) is 22.6. The molecule has 1 aliphatic carbocycles. The molecular formula is C29H39NO5. The second-order valence-corrected chi connectivity index (χ2v) is 10.3. The molecule has 0 spiro atoms. The fourth-order valence-electron chi connectivity index (χ4n) is 5.35. The lowest BCUT2D eigenvalue weighted by molar-refractivity contribution is -0.137. The number of carbonyl (C=O) groups excluding carboxylic acids is 1. The standard InChI is InChI=1S/C29H39NO5/c1-19(2)23-15-16-29(4,30-22-13-11-21(12-14-22)20(3)31)18-25(23)24-8-6-9-26(34-5)28(24)35-17-7-10-27(32)33/h6,8-9,11-14,19,23,25,30H,7,10,15-18H2,1-5H3,(H,32,33). The summed E-state index contributed by atoms with van der Waals surface area (Å²) in [6.45, 7) is 8.74. The largest absolute Gasteiger partial charge is 0.493 e. The molecule has 0 aliphatic heterocycles. The number of Topliss-reactive ketones (excluding diaryl/α,β-unsaturated/α-hetero) is 1. The van der Waals surface area contributed by atoms with Gasteiger partial charge < -0.3 is 19.9 Å². The van der Waals surface area contributed by atoms with Crippen LogP contribution in [0.2, 0.25) is 0 Å². The average Bonchev–Trinajstić information content (AvgIpc) is 2.81. The Balaban J connectivity index is 1.88. The summed E-state index contributed by atoms with van der Waals surface area (Å²) >= 11 is 0. The number of carboxylic acid groups (broad SMARTS) is 1. The number of methoxy groups -OCH3 is 1. The molecule has 0 aromatic heterocycles. The van der Waals surface area contributed by atoms with Gasteiger partial charge in [-0.3, -0.25) is 9.59 Å². The zero-order chi connectivity index (χ0) is 25.6. The summed E-state index contributed by atoms with van der Waals surface area (Å²) in [6, 6.07) is 13.7. The number of ketones is 1. The summed E-state index contributed by atoms with van der Waals surface area (Å²) in [5, 5.41) is 12.7. The molecule has 0 saturated heterocycles. The molecular weight excluding hydrogens is 442 g/mol. The number of carboxylic acids is 1. The lowest BCUT2D eigenvalue weighted by Crippen LogP contribution is -2.43. The van der Waals surface area contributed by atoms with Gasteiger partial charge in [0.05, 0.1) is 13.7 Å². The zero-order valence-electron chi connectivity index (χ0n) is 21.6. The molecule has 1 fully saturated rings. The van der Waals surface area contributed by atoms with Crippen LogP contribution in [0.1, 0.15) is 81.6 Å². The predicted octanol–water partition coefficient (Wildman–Crippen LogP) is 6.55. The topological polar surface area (TPSA) is 84.9 Å². The number of hydrogen-bond acceptors (Lipinski definition) is 5. The number of ether oxygens (including phenoxy) is 2. The van der Waals surface area contributed by atoms with Crippen LogP contribution in [-0.2, 0) is 4.79 Å². The Morgan fingerprint density at radius 2 is 1.89 bits per heavy atom. The molecule has 2 aromatic rings. The van der Waals surface area contributed by atoms with Crippen molar-refractivity contribution in [2.75, 3.05) is 19.0 Å². The first-order valence-electron chi connectivity index (χ1n) is 12.5. The van der Waals surface area contributed by atoms with Crippen LogP contribution in [0, 0.1) is 11.8 Å². The van der Waals surface area contributed by atoms with Crippen LogP contribution in [-0.4, -0.2) is 36.1 Å². The van der Waals surface area contributed by atoms with E-state index in [1.54, 1.807) is 14.0 Å². The summed E-state index contributed by atoms with van der Waals surface area (Å²) in [5.41, 5.74) is 2.72. The minimum atomic E-state index is -0.820. The number of carbonyl (C=O) groups is 2. The van der Waals surface area contributed by atoms with E-state index in [-0.39, 0.29) is 23.7 Å². The number of nitrogens with one attached hydrogen (secondary N) is 1. The Bertz CT molecular complexity index is 1020. The molecule has 190 valence electrons. The van der Waals surface area contributed by atoms with Crippen LogP contribution >= 0.6 is 0 Å². The van der Waals surface area contributed by atoms with E-state index in [4.69, 9.17) is 14.6 Å². The van der Waals surface area contributed by atoms with Gasteiger partial charge in [0.2, 0.25) is 0 Å². The van der Waals surface area contributed by atoms with Crippen molar-refractivity contribution in [2.45, 2.75) is 71.3 Å². The van der Waals surface area contributed by atoms with Gasteiger partial charge in [0.25, 0.3) is 0 Å². The number of aliphatic carboxylic acids is 1. The Hall–Kier alpha value is -3.02. The highest BCUT2D eigenvalue weighted by atomic mass is 16.5. The Morgan fingerprint density at radius 3 is 2.49 bits per heavy atom. The molecule has 0 bridgehead atoms. The number of benzene rings is 2. The molecule has 6 nitrogen and oxygen atoms in total. The third-order valence-corrected chi connectivity index (χ3v) is 7.22. The van der Waals surface area contributed by atoms with Crippen LogP contribution in [0.3, 0.4) is 0 Å². The average molecular weight is 482 g/mol. The second-order valence-electron chi connectivity index (χ2n) is 10.3. The highest BCUT2D eigenvalue weighted by molar-refractivity contribution is 5.94. The van der Waals surface area contributed by atoms with Crippen LogP contribution in [0.15, 0.2) is 42.5 Å². The molecule has 0 heterocycles. The van der Waals surface area contributed by atoms with Crippen molar-refractivity contribution in [3.63, 3.8) is 0 Å². The van der Waals surface area contributed by atoms with Crippen LogP contribution in [0.4, 0.5) is 5.69 Å². The number of para-hydroxylation sites is 1. The molecule has 3 atom stereocenters. The quantitative estimate of drug-likeness (QED) is 0.280. The Morgan fingerprint density at radius 1 is 1.17 bits per heavy atom. The molecule has 3 rings (SSSR count). The van der Waals surface area contributed by atoms with Crippen molar-refractivity contribution in [3.05, 3.63) is 53.6 Å². The van der Waals surface area contributed by atoms with E-state index in [1.165, 1.54) is 0 Å². The van der Waals surface area contributed by atoms with E-state index < -0.39 is 5.97 Å². The molecule has 2 N–H and O–H groups in total. The molecule has 35 heavy (non-hydrogen) atoms. The smallest absolute Gasteiger partial charge is 0.303 e. The van der Waals surface area contributed by atoms with E-state index in [1.807, 2.05) is 36.4 Å². The number of anilines is 1. The maximum absolute atomic E-state index is 11.6. The van der Waals surface area contributed by atoms with Crippen LogP contribution in [0.25, 0.3) is 0 Å². The molecule has 3 unspecified atom stereocenters. The second kappa shape index (κ2) is 11.6. The van der Waals surface area contributed by atoms with E-state index in [0.717, 1.165) is 36.3 Å². The summed E-state index contributed by atoms with van der Waals surface area (Å²) in [7, 11) is 1.64. The van der Waals surface area contributed by atoms with Gasteiger partial charge >= 0.3 is 5.97 Å². The van der Waals surface area contributed by atoms with Crippen LogP contribution in [0.5, 0.6) is 11.5 Å². The minimum Gasteiger partial charge on any atom is -0.493 e. The lowest BCUT2D eigenvalue weighted by Gasteiger charge is -2.46. The normalized spacial score (nSPS) is 22.0. The van der Waals surface area contributed by atoms with Crippen molar-refractivity contribution in [3.8, 4) is 11.5 Å². The highest BCUT2D eigenvalue weighted by Gasteiger charge is 2.41. The maximum Gasteiger partial charge on any atom is 0.303 e. The first-order chi connectivity index (χ1) is 16.6. The summed E-state index contributed by atoms with van der Waals surface area (Å²) < 4.78 is 11.8. The van der Waals surface area contributed by atoms with Gasteiger partial charge in [-0.2, -0.15) is 0 Å². The highest BCUT2D eigenvalue weighted by Crippen LogP contribution is 2.50. The minimum absolute atomic E-state index is 0.0641. The maximum atomic E-state index is 11.6. The molecule has 0 radical (unpaired) electrons. The molecule has 1 aliphatic rings. The molecule has 6 heteroatoms. The summed E-state index contributed by atoms with van der Waals surface area (Å²) in [5.74, 6) is 1.89. The van der Waals surface area contributed by atoms with Crippen molar-refractivity contribution in [1.82, 2.24) is 0 Å². The van der Waals surface area contributed by atoms with Crippen molar-refractivity contribution in [2.24, 2.45) is 11.8 Å². The molecule has 1 saturated carbocycles. The predicted molar refractivity (Wildman–Crippen MR) is 139 cm³/mol. The number of hydrogen-bond donors (Lipinski definition) is 2. The van der Waals surface area contributed by atoms with Gasteiger partial charge in [0.1, 0.15) is 0 Å². The van der Waals surface area contributed by atoms with E-state index in [0.29, 0.717) is 36.2 Å². The fraction of sp³-hybridized carbons (Fsp3) is 0.517. The lowest BCUT2D eigenvalue weighted by atomic mass is 9.64. The monoisotopic (exact) mass is 481 g/mol. The van der Waals surface area contributed by atoms with Crippen LogP contribution < -0.4 is 14.8 Å². The Kier molecular flexibility index (Phi) is 8.82. The Labute approximate surface area is 209 Å². The zero-order valence-corrected chi connectivity index (χ0v) is 21.6. The summed E-state index contributed by atoms with van der Waals surface area (Å²) in [6.07, 6.45) is 3.56. The third kappa shape index (κ3) is 6.77. The van der Waals surface area contributed by atoms with Crippen molar-refractivity contribution in [1.29, 1.82) is 0 Å². The first kappa shape index (κ1) is 26.6. The van der Waals surface area contributed by atoms with Gasteiger partial charge in [0.15, 0.2) is 17.3 Å². The fourth-order valence-corrected chi connectivity index (χ4v) is 5.35. The number of rotatable bonds is 11. The molecule has 0 amide bonds. The van der Waals surface area contributed by atoms with Gasteiger partial charge in [-0.05, 0) is 87.6 Å².